The third-order valence-electron chi connectivity index (χ3n) is 6.28. The monoisotopic (exact) mass is 385 g/mol. The Kier molecular flexibility index (Phi) is 4.64. The molecule has 2 fully saturated rings. The van der Waals surface area contributed by atoms with Crippen LogP contribution in [0.5, 0.6) is 11.5 Å². The quantitative estimate of drug-likeness (QED) is 0.865. The van der Waals surface area contributed by atoms with Crippen LogP contribution in [0.4, 0.5) is 5.69 Å². The lowest BCUT2D eigenvalue weighted by molar-refractivity contribution is 0.129. The Morgan fingerprint density at radius 3 is 2.71 bits per heavy atom. The van der Waals surface area contributed by atoms with Crippen LogP contribution in [-0.2, 0) is 6.42 Å². The number of likely N-dealkylation sites (tertiary alicyclic amines) is 1. The van der Waals surface area contributed by atoms with E-state index < -0.39 is 0 Å². The van der Waals surface area contributed by atoms with Gasteiger partial charge in [-0.2, -0.15) is 0 Å². The third-order valence-corrected chi connectivity index (χ3v) is 6.28. The van der Waals surface area contributed by atoms with E-state index in [-0.39, 0.29) is 12.0 Å². The molecule has 0 bridgehead atoms. The van der Waals surface area contributed by atoms with E-state index in [1.54, 1.807) is 0 Å². The topological polar surface area (TPSA) is 71.2 Å². The zero-order valence-electron chi connectivity index (χ0n) is 16.2. The van der Waals surface area contributed by atoms with Crippen LogP contribution < -0.4 is 14.4 Å². The maximum atomic E-state index is 10.5. The summed E-state index contributed by atoms with van der Waals surface area (Å²) in [7, 11) is 0. The van der Waals surface area contributed by atoms with Gasteiger partial charge >= 0.3 is 0 Å². The Balaban J connectivity index is 1.17. The molecule has 0 saturated carbocycles. The van der Waals surface area contributed by atoms with Crippen molar-refractivity contribution in [3.63, 3.8) is 0 Å². The van der Waals surface area contributed by atoms with Gasteiger partial charge in [0.25, 0.3) is 0 Å². The first-order valence-corrected chi connectivity index (χ1v) is 10.1. The molecule has 7 heteroatoms. The first-order chi connectivity index (χ1) is 13.7. The molecule has 4 heterocycles. The van der Waals surface area contributed by atoms with Crippen LogP contribution in [0.15, 0.2) is 28.8 Å². The van der Waals surface area contributed by atoms with Crippen LogP contribution in [0.3, 0.4) is 0 Å². The summed E-state index contributed by atoms with van der Waals surface area (Å²) >= 11 is 0. The molecule has 5 rings (SSSR count). The smallest absolute Gasteiger partial charge is 0.231 e. The summed E-state index contributed by atoms with van der Waals surface area (Å²) in [5.74, 6) is 2.77. The number of aromatic nitrogens is 1. The maximum absolute atomic E-state index is 10.5. The van der Waals surface area contributed by atoms with Gasteiger partial charge in [0, 0.05) is 62.4 Å². The number of benzene rings is 1. The average Bonchev–Trinajstić information content (AvgIpc) is 3.42. The predicted molar refractivity (Wildman–Crippen MR) is 104 cm³/mol. The molecule has 0 aliphatic carbocycles. The number of hydrogen-bond acceptors (Lipinski definition) is 7. The zero-order valence-corrected chi connectivity index (χ0v) is 16.2. The number of aliphatic hydroxyl groups excluding tert-OH is 1. The van der Waals surface area contributed by atoms with E-state index in [9.17, 15) is 5.11 Å². The Labute approximate surface area is 164 Å². The summed E-state index contributed by atoms with van der Waals surface area (Å²) in [5.41, 5.74) is 2.10. The number of aliphatic hydroxyl groups is 1. The minimum Gasteiger partial charge on any atom is -0.454 e. The largest absolute Gasteiger partial charge is 0.454 e. The minimum absolute atomic E-state index is 0.222. The standard InChI is InChI=1S/C21H27N3O4/c1-14-8-18(28-22-14)9-15-11-24(12-19(15)25)16-4-6-23(7-5-16)17-2-3-20-21(10-17)27-13-26-20/h2-3,8,10,15-16,19,25H,4-7,9,11-13H2,1H3/t15-,19-/m1/s1. The van der Waals surface area contributed by atoms with Gasteiger partial charge in [-0.3, -0.25) is 4.90 Å². The molecule has 1 aromatic heterocycles. The van der Waals surface area contributed by atoms with Gasteiger partial charge in [0.05, 0.1) is 11.8 Å². The molecule has 3 aliphatic heterocycles. The molecule has 0 radical (unpaired) electrons. The van der Waals surface area contributed by atoms with E-state index in [1.165, 1.54) is 5.69 Å². The lowest BCUT2D eigenvalue weighted by Crippen LogP contribution is -2.44. The molecule has 1 aromatic carbocycles. The third kappa shape index (κ3) is 3.44. The number of fused-ring (bicyclic) bond motifs is 1. The molecular weight excluding hydrogens is 358 g/mol. The molecule has 2 aromatic rings. The van der Waals surface area contributed by atoms with Crippen LogP contribution in [0, 0.1) is 12.8 Å². The van der Waals surface area contributed by atoms with Crippen molar-refractivity contribution in [1.29, 1.82) is 0 Å². The number of piperidine rings is 1. The lowest BCUT2D eigenvalue weighted by atomic mass is 10.00. The number of nitrogens with zero attached hydrogens (tertiary/aromatic N) is 3. The molecular formula is C21H27N3O4. The zero-order chi connectivity index (χ0) is 19.1. The van der Waals surface area contributed by atoms with Gasteiger partial charge in [-0.05, 0) is 31.9 Å². The summed E-state index contributed by atoms with van der Waals surface area (Å²) in [6, 6.07) is 8.69. The van der Waals surface area contributed by atoms with Gasteiger partial charge in [-0.25, -0.2) is 0 Å². The molecule has 2 atom stereocenters. The highest BCUT2D eigenvalue weighted by atomic mass is 16.7. The maximum Gasteiger partial charge on any atom is 0.231 e. The van der Waals surface area contributed by atoms with Gasteiger partial charge in [-0.15, -0.1) is 0 Å². The van der Waals surface area contributed by atoms with Crippen molar-refractivity contribution in [3.05, 3.63) is 35.7 Å². The van der Waals surface area contributed by atoms with E-state index >= 15 is 0 Å². The predicted octanol–water partition coefficient (Wildman–Crippen LogP) is 2.22. The van der Waals surface area contributed by atoms with Gasteiger partial charge in [0.15, 0.2) is 11.5 Å². The van der Waals surface area contributed by atoms with Gasteiger partial charge in [0.1, 0.15) is 5.76 Å². The Morgan fingerprint density at radius 1 is 1.11 bits per heavy atom. The fourth-order valence-electron chi connectivity index (χ4n) is 4.73. The van der Waals surface area contributed by atoms with E-state index in [2.05, 4.69) is 27.1 Å². The van der Waals surface area contributed by atoms with Gasteiger partial charge < -0.3 is 24.0 Å². The highest BCUT2D eigenvalue weighted by Gasteiger charge is 2.37. The SMILES string of the molecule is Cc1cc(C[C@@H]2CN(C3CCN(c4ccc5c(c4)OCO5)CC3)C[C@H]2O)on1. The summed E-state index contributed by atoms with van der Waals surface area (Å²) in [5, 5.41) is 14.5. The Morgan fingerprint density at radius 2 is 1.93 bits per heavy atom. The van der Waals surface area contributed by atoms with E-state index in [4.69, 9.17) is 14.0 Å². The van der Waals surface area contributed by atoms with Crippen molar-refractivity contribution >= 4 is 5.69 Å². The molecule has 0 amide bonds. The van der Waals surface area contributed by atoms with Crippen LogP contribution in [0.1, 0.15) is 24.3 Å². The number of aryl methyl sites for hydroxylation is 1. The number of β-amino-alcohol motifs (C(OH)–C–C–N with tert-alkyl or cyclic N) is 1. The Bertz CT molecular complexity index is 831. The summed E-state index contributed by atoms with van der Waals surface area (Å²) in [4.78, 5) is 4.88. The van der Waals surface area contributed by atoms with Gasteiger partial charge in [0.2, 0.25) is 6.79 Å². The summed E-state index contributed by atoms with van der Waals surface area (Å²) < 4.78 is 16.3. The molecule has 0 unspecified atom stereocenters. The van der Waals surface area contributed by atoms with Crippen molar-refractivity contribution in [2.75, 3.05) is 37.9 Å². The normalized spacial score (nSPS) is 25.6. The second kappa shape index (κ2) is 7.29. The first kappa shape index (κ1) is 17.8. The number of ether oxygens (including phenoxy) is 2. The summed E-state index contributed by atoms with van der Waals surface area (Å²) in [6.07, 6.45) is 2.68. The summed E-state index contributed by atoms with van der Waals surface area (Å²) in [6.45, 7) is 5.96. The van der Waals surface area contributed by atoms with Crippen molar-refractivity contribution in [2.45, 2.75) is 38.3 Å². The number of rotatable bonds is 4. The molecule has 1 N–H and O–H groups in total. The molecule has 0 spiro atoms. The van der Waals surface area contributed by atoms with E-state index in [0.717, 1.165) is 68.4 Å². The highest BCUT2D eigenvalue weighted by molar-refractivity contribution is 5.57. The molecule has 7 nitrogen and oxygen atoms in total. The first-order valence-electron chi connectivity index (χ1n) is 10.1. The van der Waals surface area contributed by atoms with Crippen LogP contribution in [0.2, 0.25) is 0 Å². The van der Waals surface area contributed by atoms with Crippen molar-refractivity contribution < 1.29 is 19.1 Å². The van der Waals surface area contributed by atoms with Crippen molar-refractivity contribution in [2.24, 2.45) is 5.92 Å². The molecule has 28 heavy (non-hydrogen) atoms. The van der Waals surface area contributed by atoms with Crippen LogP contribution >= 0.6 is 0 Å². The molecule has 150 valence electrons. The van der Waals surface area contributed by atoms with Crippen molar-refractivity contribution in [3.8, 4) is 11.5 Å². The van der Waals surface area contributed by atoms with E-state index in [0.29, 0.717) is 12.8 Å². The van der Waals surface area contributed by atoms with Crippen LogP contribution in [0.25, 0.3) is 0 Å². The van der Waals surface area contributed by atoms with Crippen molar-refractivity contribution in [1.82, 2.24) is 10.1 Å². The molecule has 3 aliphatic rings. The molecule has 2 saturated heterocycles. The number of hydrogen-bond donors (Lipinski definition) is 1. The highest BCUT2D eigenvalue weighted by Crippen LogP contribution is 2.36. The minimum atomic E-state index is -0.294. The fourth-order valence-corrected chi connectivity index (χ4v) is 4.73. The van der Waals surface area contributed by atoms with Crippen LogP contribution in [-0.4, -0.2) is 60.3 Å². The Hall–Kier alpha value is -2.25. The second-order valence-electron chi connectivity index (χ2n) is 8.18. The fraction of sp³-hybridized carbons (Fsp3) is 0.571. The number of anilines is 1. The average molecular weight is 385 g/mol. The van der Waals surface area contributed by atoms with E-state index in [1.807, 2.05) is 19.1 Å². The second-order valence-corrected chi connectivity index (χ2v) is 8.18. The lowest BCUT2D eigenvalue weighted by Gasteiger charge is -2.38. The van der Waals surface area contributed by atoms with Gasteiger partial charge in [-0.1, -0.05) is 5.16 Å².